The second-order valence-corrected chi connectivity index (χ2v) is 8.26. The molecule has 1 rings (SSSR count). The summed E-state index contributed by atoms with van der Waals surface area (Å²) in [5.41, 5.74) is 5.21. The molecule has 0 heterocycles. The minimum Gasteiger partial charge on any atom is -0.378 e. The number of nitrogens with one attached hydrogen (secondary N) is 1. The molecule has 0 spiro atoms. The highest BCUT2D eigenvalue weighted by Crippen LogP contribution is 2.50. The molecule has 130 valence electrons. The van der Waals surface area contributed by atoms with E-state index in [0.717, 1.165) is 6.54 Å². The first-order valence-electron chi connectivity index (χ1n) is 8.24. The van der Waals surface area contributed by atoms with Gasteiger partial charge in [0.05, 0.1) is 6.10 Å². The number of nitrogens with two attached hydrogens (primary N) is 1. The first-order chi connectivity index (χ1) is 9.88. The van der Waals surface area contributed by atoms with Crippen molar-refractivity contribution in [3.8, 4) is 0 Å². The average molecular weight is 313 g/mol. The van der Waals surface area contributed by atoms with E-state index in [1.807, 2.05) is 34.9 Å². The topological polar surface area (TPSA) is 67.6 Å². The maximum atomic E-state index is 12.8. The first-order valence-corrected chi connectivity index (χ1v) is 8.24. The molecule has 1 fully saturated rings. The Labute approximate surface area is 135 Å². The van der Waals surface area contributed by atoms with E-state index >= 15 is 0 Å². The molecule has 0 bridgehead atoms. The van der Waals surface area contributed by atoms with Crippen LogP contribution in [0, 0.1) is 10.8 Å². The van der Waals surface area contributed by atoms with Crippen molar-refractivity contribution in [2.75, 3.05) is 27.2 Å². The SMILES string of the molecule is CCOC1CC(N)(C(=O)NC(C)C(C)(C)CN(C)C)C1(C)C. The maximum Gasteiger partial charge on any atom is 0.241 e. The van der Waals surface area contributed by atoms with Crippen LogP contribution in [-0.4, -0.2) is 55.7 Å². The predicted octanol–water partition coefficient (Wildman–Crippen LogP) is 1.61. The molecule has 0 aliphatic heterocycles. The van der Waals surface area contributed by atoms with Gasteiger partial charge in [-0.05, 0) is 33.4 Å². The van der Waals surface area contributed by atoms with Crippen molar-refractivity contribution in [3.05, 3.63) is 0 Å². The van der Waals surface area contributed by atoms with E-state index in [1.54, 1.807) is 0 Å². The second-order valence-electron chi connectivity index (χ2n) is 8.26. The lowest BCUT2D eigenvalue weighted by molar-refractivity contribution is -0.171. The number of amides is 1. The molecule has 1 amide bonds. The van der Waals surface area contributed by atoms with Gasteiger partial charge in [0, 0.05) is 31.0 Å². The van der Waals surface area contributed by atoms with Crippen LogP contribution in [0.25, 0.3) is 0 Å². The Morgan fingerprint density at radius 3 is 2.41 bits per heavy atom. The van der Waals surface area contributed by atoms with E-state index in [9.17, 15) is 4.79 Å². The summed E-state index contributed by atoms with van der Waals surface area (Å²) in [6.45, 7) is 13.9. The molecule has 1 aliphatic rings. The summed E-state index contributed by atoms with van der Waals surface area (Å²) in [5, 5.41) is 3.14. The quantitative estimate of drug-likeness (QED) is 0.749. The monoisotopic (exact) mass is 313 g/mol. The number of hydrogen-bond donors (Lipinski definition) is 2. The van der Waals surface area contributed by atoms with Gasteiger partial charge in [-0.1, -0.05) is 27.7 Å². The summed E-state index contributed by atoms with van der Waals surface area (Å²) in [6.07, 6.45) is 0.638. The summed E-state index contributed by atoms with van der Waals surface area (Å²) in [5.74, 6) is -0.0622. The Hall–Kier alpha value is -0.650. The first kappa shape index (κ1) is 19.4. The molecule has 5 nitrogen and oxygen atoms in total. The van der Waals surface area contributed by atoms with Gasteiger partial charge in [0.25, 0.3) is 0 Å². The molecule has 1 saturated carbocycles. The van der Waals surface area contributed by atoms with Crippen molar-refractivity contribution in [1.29, 1.82) is 0 Å². The van der Waals surface area contributed by atoms with Crippen LogP contribution in [0.2, 0.25) is 0 Å². The number of ether oxygens (including phenoxy) is 1. The molecule has 0 aromatic heterocycles. The summed E-state index contributed by atoms with van der Waals surface area (Å²) >= 11 is 0. The van der Waals surface area contributed by atoms with E-state index in [2.05, 4.69) is 31.0 Å². The van der Waals surface area contributed by atoms with E-state index in [1.165, 1.54) is 0 Å². The number of rotatable bonds is 7. The Bertz CT molecular complexity index is 407. The molecule has 5 heteroatoms. The van der Waals surface area contributed by atoms with Crippen LogP contribution in [-0.2, 0) is 9.53 Å². The van der Waals surface area contributed by atoms with Gasteiger partial charge in [0.15, 0.2) is 0 Å². The molecular formula is C17H35N3O2. The van der Waals surface area contributed by atoms with Gasteiger partial charge in [0.1, 0.15) is 5.54 Å². The third-order valence-electron chi connectivity index (χ3n) is 5.48. The summed E-state index contributed by atoms with van der Waals surface area (Å²) in [7, 11) is 4.09. The fourth-order valence-corrected chi connectivity index (χ4v) is 3.29. The van der Waals surface area contributed by atoms with E-state index in [0.29, 0.717) is 13.0 Å². The van der Waals surface area contributed by atoms with E-state index < -0.39 is 5.54 Å². The molecule has 0 saturated heterocycles. The van der Waals surface area contributed by atoms with Gasteiger partial charge >= 0.3 is 0 Å². The Balaban J connectivity index is 2.73. The van der Waals surface area contributed by atoms with Gasteiger partial charge in [0.2, 0.25) is 5.91 Å². The van der Waals surface area contributed by atoms with Crippen LogP contribution in [0.15, 0.2) is 0 Å². The molecule has 0 aromatic rings. The molecule has 3 atom stereocenters. The Morgan fingerprint density at radius 2 is 2.00 bits per heavy atom. The minimum atomic E-state index is -0.852. The standard InChI is InChI=1S/C17H35N3O2/c1-9-22-13-10-17(18,16(13,5)6)14(21)19-12(2)15(3,4)11-20(7)8/h12-13H,9-11,18H2,1-8H3,(H,19,21). The minimum absolute atomic E-state index is 0.0251. The number of carbonyl (C=O) groups is 1. The molecule has 1 aliphatic carbocycles. The number of nitrogens with zero attached hydrogens (tertiary/aromatic N) is 1. The van der Waals surface area contributed by atoms with Crippen molar-refractivity contribution in [2.45, 2.75) is 65.6 Å². The maximum absolute atomic E-state index is 12.8. The fourth-order valence-electron chi connectivity index (χ4n) is 3.29. The summed E-state index contributed by atoms with van der Waals surface area (Å²) in [6, 6.07) is 0.0461. The zero-order chi connectivity index (χ0) is 17.3. The highest BCUT2D eigenvalue weighted by Gasteiger charge is 2.63. The van der Waals surface area contributed by atoms with Crippen molar-refractivity contribution < 1.29 is 9.53 Å². The molecular weight excluding hydrogens is 278 g/mol. The number of carbonyl (C=O) groups excluding carboxylic acids is 1. The smallest absolute Gasteiger partial charge is 0.241 e. The van der Waals surface area contributed by atoms with Crippen molar-refractivity contribution >= 4 is 5.91 Å². The van der Waals surface area contributed by atoms with E-state index in [-0.39, 0.29) is 28.9 Å². The Morgan fingerprint density at radius 1 is 1.45 bits per heavy atom. The van der Waals surface area contributed by atoms with Crippen LogP contribution in [0.3, 0.4) is 0 Å². The third-order valence-corrected chi connectivity index (χ3v) is 5.48. The molecule has 0 aromatic carbocycles. The number of hydrogen-bond acceptors (Lipinski definition) is 4. The zero-order valence-electron chi connectivity index (χ0n) is 15.6. The largest absolute Gasteiger partial charge is 0.378 e. The van der Waals surface area contributed by atoms with Crippen LogP contribution >= 0.6 is 0 Å². The van der Waals surface area contributed by atoms with Gasteiger partial charge in [-0.2, -0.15) is 0 Å². The fraction of sp³-hybridized carbons (Fsp3) is 0.941. The highest BCUT2D eigenvalue weighted by molar-refractivity contribution is 5.89. The van der Waals surface area contributed by atoms with Crippen LogP contribution < -0.4 is 11.1 Å². The Kier molecular flexibility index (Phi) is 5.69. The van der Waals surface area contributed by atoms with Crippen LogP contribution in [0.4, 0.5) is 0 Å². The summed E-state index contributed by atoms with van der Waals surface area (Å²) < 4.78 is 5.70. The van der Waals surface area contributed by atoms with Crippen LogP contribution in [0.5, 0.6) is 0 Å². The average Bonchev–Trinajstić information content (AvgIpc) is 2.36. The normalized spacial score (nSPS) is 29.1. The second kappa shape index (κ2) is 6.46. The van der Waals surface area contributed by atoms with Crippen molar-refractivity contribution in [3.63, 3.8) is 0 Å². The lowest BCUT2D eigenvalue weighted by Gasteiger charge is -2.58. The van der Waals surface area contributed by atoms with Crippen molar-refractivity contribution in [1.82, 2.24) is 10.2 Å². The highest BCUT2D eigenvalue weighted by atomic mass is 16.5. The van der Waals surface area contributed by atoms with Crippen LogP contribution in [0.1, 0.15) is 48.0 Å². The molecule has 3 unspecified atom stereocenters. The molecule has 0 radical (unpaired) electrons. The third kappa shape index (κ3) is 3.47. The van der Waals surface area contributed by atoms with Gasteiger partial charge < -0.3 is 20.7 Å². The predicted molar refractivity (Wildman–Crippen MR) is 90.7 cm³/mol. The van der Waals surface area contributed by atoms with Crippen molar-refractivity contribution in [2.24, 2.45) is 16.6 Å². The van der Waals surface area contributed by atoms with Gasteiger partial charge in [-0.3, -0.25) is 4.79 Å². The lowest BCUT2D eigenvalue weighted by atomic mass is 9.54. The van der Waals surface area contributed by atoms with Gasteiger partial charge in [-0.25, -0.2) is 0 Å². The lowest BCUT2D eigenvalue weighted by Crippen LogP contribution is -2.76. The molecule has 3 N–H and O–H groups in total. The zero-order valence-corrected chi connectivity index (χ0v) is 15.6. The van der Waals surface area contributed by atoms with Gasteiger partial charge in [-0.15, -0.1) is 0 Å². The molecule has 22 heavy (non-hydrogen) atoms. The van der Waals surface area contributed by atoms with E-state index in [4.69, 9.17) is 10.5 Å². The summed E-state index contributed by atoms with van der Waals surface area (Å²) in [4.78, 5) is 14.9.